The largest absolute Gasteiger partial charge is 0.324 e. The molecule has 1 N–H and O–H groups in total. The number of hydrogen-bond acceptors (Lipinski definition) is 4. The Morgan fingerprint density at radius 1 is 1.25 bits per heavy atom. The van der Waals surface area contributed by atoms with Gasteiger partial charge in [0.2, 0.25) is 5.91 Å². The summed E-state index contributed by atoms with van der Waals surface area (Å²) in [4.78, 5) is 16.4. The Labute approximate surface area is 173 Å². The second-order valence-electron chi connectivity index (χ2n) is 6.68. The number of carbonyl (C=O) groups is 1. The molecule has 0 saturated carbocycles. The van der Waals surface area contributed by atoms with Crippen molar-refractivity contribution in [3.8, 4) is 6.07 Å². The van der Waals surface area contributed by atoms with Crippen LogP contribution in [0.25, 0.3) is 0 Å². The number of nitrogens with zero attached hydrogens (tertiary/aromatic N) is 2. The first-order valence-electron chi connectivity index (χ1n) is 9.00. The average Bonchev–Trinajstić information content (AvgIpc) is 3.17. The van der Waals surface area contributed by atoms with Crippen molar-refractivity contribution in [3.05, 3.63) is 86.6 Å². The van der Waals surface area contributed by atoms with Gasteiger partial charge < -0.3 is 5.32 Å². The van der Waals surface area contributed by atoms with E-state index in [2.05, 4.69) is 39.9 Å². The summed E-state index contributed by atoms with van der Waals surface area (Å²) in [6.45, 7) is 1.05. The lowest BCUT2D eigenvalue weighted by Gasteiger charge is -2.35. The molecule has 1 amide bonds. The second-order valence-corrected chi connectivity index (χ2v) is 8.12. The minimum Gasteiger partial charge on any atom is -0.324 e. The number of nitriles is 1. The number of halogens is 1. The highest BCUT2D eigenvalue weighted by Crippen LogP contribution is 2.37. The zero-order valence-electron chi connectivity index (χ0n) is 15.1. The van der Waals surface area contributed by atoms with Crippen LogP contribution in [-0.4, -0.2) is 23.9 Å². The quantitative estimate of drug-likeness (QED) is 0.671. The molecule has 1 aliphatic heterocycles. The standard InChI is InChI=1S/C22H18ClN3OS/c23-17-7-6-16(13-24)19(12-17)25-21(27)14-26-10-8-20-18(9-11-28-20)22(26)15-4-2-1-3-5-15/h1-7,9,11-12,22H,8,10,14H2,(H,25,27). The number of anilines is 1. The van der Waals surface area contributed by atoms with Crippen LogP contribution in [0.1, 0.15) is 27.6 Å². The van der Waals surface area contributed by atoms with E-state index in [1.54, 1.807) is 29.5 Å². The van der Waals surface area contributed by atoms with Gasteiger partial charge in [-0.2, -0.15) is 5.26 Å². The van der Waals surface area contributed by atoms with Crippen molar-refractivity contribution >= 4 is 34.5 Å². The Balaban J connectivity index is 1.58. The van der Waals surface area contributed by atoms with Crippen LogP contribution in [0.15, 0.2) is 60.0 Å². The normalized spacial score (nSPS) is 16.2. The van der Waals surface area contributed by atoms with E-state index >= 15 is 0 Å². The van der Waals surface area contributed by atoms with E-state index in [-0.39, 0.29) is 18.5 Å². The molecule has 3 aromatic rings. The minimum absolute atomic E-state index is 0.0525. The molecule has 4 nitrogen and oxygen atoms in total. The van der Waals surface area contributed by atoms with Crippen LogP contribution in [0.5, 0.6) is 0 Å². The minimum atomic E-state index is -0.154. The number of thiophene rings is 1. The van der Waals surface area contributed by atoms with E-state index in [1.807, 2.05) is 18.2 Å². The molecule has 0 spiro atoms. The molecular weight excluding hydrogens is 390 g/mol. The Morgan fingerprint density at radius 3 is 2.86 bits per heavy atom. The van der Waals surface area contributed by atoms with Gasteiger partial charge in [-0.05, 0) is 47.2 Å². The highest BCUT2D eigenvalue weighted by atomic mass is 35.5. The number of hydrogen-bond donors (Lipinski definition) is 1. The van der Waals surface area contributed by atoms with Crippen LogP contribution >= 0.6 is 22.9 Å². The number of nitrogens with one attached hydrogen (secondary N) is 1. The second kappa shape index (κ2) is 8.15. The summed E-state index contributed by atoms with van der Waals surface area (Å²) >= 11 is 7.80. The molecule has 0 radical (unpaired) electrons. The molecule has 1 unspecified atom stereocenters. The summed E-state index contributed by atoms with van der Waals surface area (Å²) in [5.74, 6) is -0.154. The molecule has 1 atom stereocenters. The lowest BCUT2D eigenvalue weighted by molar-refractivity contribution is -0.117. The first kappa shape index (κ1) is 18.7. The van der Waals surface area contributed by atoms with E-state index in [4.69, 9.17) is 11.6 Å². The third-order valence-corrected chi connectivity index (χ3v) is 6.14. The topological polar surface area (TPSA) is 56.1 Å². The third-order valence-electron chi connectivity index (χ3n) is 4.90. The lowest BCUT2D eigenvalue weighted by atomic mass is 9.93. The number of benzene rings is 2. The summed E-state index contributed by atoms with van der Waals surface area (Å²) in [7, 11) is 0. The zero-order valence-corrected chi connectivity index (χ0v) is 16.6. The molecule has 0 aliphatic carbocycles. The van der Waals surface area contributed by atoms with E-state index < -0.39 is 0 Å². The van der Waals surface area contributed by atoms with Crippen molar-refractivity contribution in [2.24, 2.45) is 0 Å². The van der Waals surface area contributed by atoms with Gasteiger partial charge in [0.1, 0.15) is 6.07 Å². The summed E-state index contributed by atoms with van der Waals surface area (Å²) in [6, 6.07) is 19.4. The highest BCUT2D eigenvalue weighted by molar-refractivity contribution is 7.10. The maximum atomic E-state index is 12.8. The summed E-state index contributed by atoms with van der Waals surface area (Å²) < 4.78 is 0. The molecular formula is C22H18ClN3OS. The van der Waals surface area contributed by atoms with Crippen molar-refractivity contribution in [2.75, 3.05) is 18.4 Å². The predicted molar refractivity (Wildman–Crippen MR) is 113 cm³/mol. The number of fused-ring (bicyclic) bond motifs is 1. The predicted octanol–water partition coefficient (Wildman–Crippen LogP) is 4.86. The van der Waals surface area contributed by atoms with Gasteiger partial charge in [-0.1, -0.05) is 41.9 Å². The maximum absolute atomic E-state index is 12.8. The summed E-state index contributed by atoms with van der Waals surface area (Å²) in [5, 5.41) is 14.7. The van der Waals surface area contributed by atoms with Crippen LogP contribution in [0.4, 0.5) is 5.69 Å². The molecule has 1 aromatic heterocycles. The van der Waals surface area contributed by atoms with Crippen molar-refractivity contribution in [1.29, 1.82) is 5.26 Å². The molecule has 0 saturated heterocycles. The van der Waals surface area contributed by atoms with E-state index in [0.717, 1.165) is 13.0 Å². The molecule has 1 aliphatic rings. The van der Waals surface area contributed by atoms with Gasteiger partial charge in [-0.3, -0.25) is 9.69 Å². The van der Waals surface area contributed by atoms with Crippen LogP contribution in [0.2, 0.25) is 5.02 Å². The number of rotatable bonds is 4. The molecule has 2 aromatic carbocycles. The Morgan fingerprint density at radius 2 is 2.07 bits per heavy atom. The molecule has 4 rings (SSSR count). The summed E-state index contributed by atoms with van der Waals surface area (Å²) in [5.41, 5.74) is 3.30. The smallest absolute Gasteiger partial charge is 0.238 e. The van der Waals surface area contributed by atoms with Crippen molar-refractivity contribution < 1.29 is 4.79 Å². The maximum Gasteiger partial charge on any atom is 0.238 e. The fourth-order valence-electron chi connectivity index (χ4n) is 3.66. The molecule has 0 fully saturated rings. The van der Waals surface area contributed by atoms with Gasteiger partial charge >= 0.3 is 0 Å². The first-order chi connectivity index (χ1) is 13.7. The summed E-state index contributed by atoms with van der Waals surface area (Å²) in [6.07, 6.45) is 0.935. The van der Waals surface area contributed by atoms with Gasteiger partial charge in [0.25, 0.3) is 0 Å². The van der Waals surface area contributed by atoms with Crippen LogP contribution in [-0.2, 0) is 11.2 Å². The molecule has 6 heteroatoms. The number of amides is 1. The SMILES string of the molecule is N#Cc1ccc(Cl)cc1NC(=O)CN1CCc2sccc2C1c1ccccc1. The average molecular weight is 408 g/mol. The van der Waals surface area contributed by atoms with Crippen molar-refractivity contribution in [1.82, 2.24) is 4.90 Å². The van der Waals surface area contributed by atoms with Gasteiger partial charge in [-0.25, -0.2) is 0 Å². The third kappa shape index (κ3) is 3.81. The Hall–Kier alpha value is -2.65. The van der Waals surface area contributed by atoms with Gasteiger partial charge in [0, 0.05) is 16.4 Å². The Kier molecular flexibility index (Phi) is 5.45. The first-order valence-corrected chi connectivity index (χ1v) is 10.3. The van der Waals surface area contributed by atoms with Gasteiger partial charge in [-0.15, -0.1) is 11.3 Å². The fourth-order valence-corrected chi connectivity index (χ4v) is 4.73. The van der Waals surface area contributed by atoms with Crippen molar-refractivity contribution in [2.45, 2.75) is 12.5 Å². The van der Waals surface area contributed by atoms with Crippen LogP contribution < -0.4 is 5.32 Å². The highest BCUT2D eigenvalue weighted by Gasteiger charge is 2.30. The molecule has 2 heterocycles. The monoisotopic (exact) mass is 407 g/mol. The zero-order chi connectivity index (χ0) is 19.5. The van der Waals surface area contributed by atoms with Crippen molar-refractivity contribution in [3.63, 3.8) is 0 Å². The van der Waals surface area contributed by atoms with E-state index in [9.17, 15) is 10.1 Å². The van der Waals surface area contributed by atoms with Gasteiger partial charge in [0.05, 0.1) is 23.8 Å². The fraction of sp³-hybridized carbons (Fsp3) is 0.182. The van der Waals surface area contributed by atoms with E-state index in [0.29, 0.717) is 16.3 Å². The number of carbonyl (C=O) groups excluding carboxylic acids is 1. The van der Waals surface area contributed by atoms with E-state index in [1.165, 1.54) is 16.0 Å². The van der Waals surface area contributed by atoms with Crippen LogP contribution in [0.3, 0.4) is 0 Å². The molecule has 28 heavy (non-hydrogen) atoms. The van der Waals surface area contributed by atoms with Crippen LogP contribution in [0, 0.1) is 11.3 Å². The Bertz CT molecular complexity index is 1040. The van der Waals surface area contributed by atoms with Gasteiger partial charge in [0.15, 0.2) is 0 Å². The molecule has 0 bridgehead atoms. The molecule has 140 valence electrons. The lowest BCUT2D eigenvalue weighted by Crippen LogP contribution is -2.40.